The minimum atomic E-state index is -3.73. The molecule has 1 unspecified atom stereocenters. The van der Waals surface area contributed by atoms with E-state index in [1.807, 2.05) is 55.4 Å². The second kappa shape index (κ2) is 8.65. The standard InChI is InChI=1S/C22H23FN2O2S/c1-25(2)21(18-12-14-19(23)15-13-18)16-24-28(26,27)22-11-7-6-10-20(22)17-8-4-3-5-9-17/h3-15,21,24H,16H2,1-2H3. The largest absolute Gasteiger partial charge is 0.301 e. The van der Waals surface area contributed by atoms with E-state index in [1.54, 1.807) is 30.3 Å². The molecule has 28 heavy (non-hydrogen) atoms. The molecule has 0 saturated heterocycles. The van der Waals surface area contributed by atoms with E-state index in [0.29, 0.717) is 5.56 Å². The molecule has 0 amide bonds. The average Bonchev–Trinajstić information content (AvgIpc) is 2.70. The third-order valence-corrected chi connectivity index (χ3v) is 6.09. The highest BCUT2D eigenvalue weighted by atomic mass is 32.2. The first-order valence-electron chi connectivity index (χ1n) is 8.94. The van der Waals surface area contributed by atoms with Gasteiger partial charge in [0, 0.05) is 18.2 Å². The summed E-state index contributed by atoms with van der Waals surface area (Å²) in [5, 5.41) is 0. The summed E-state index contributed by atoms with van der Waals surface area (Å²) in [4.78, 5) is 2.14. The highest BCUT2D eigenvalue weighted by Gasteiger charge is 2.22. The quantitative estimate of drug-likeness (QED) is 0.653. The fourth-order valence-corrected chi connectivity index (χ4v) is 4.37. The Balaban J connectivity index is 1.87. The fourth-order valence-electron chi connectivity index (χ4n) is 3.11. The summed E-state index contributed by atoms with van der Waals surface area (Å²) < 4.78 is 42.0. The monoisotopic (exact) mass is 398 g/mol. The molecule has 6 heteroatoms. The molecule has 0 fully saturated rings. The number of rotatable bonds is 7. The van der Waals surface area contributed by atoms with E-state index in [1.165, 1.54) is 12.1 Å². The van der Waals surface area contributed by atoms with E-state index in [-0.39, 0.29) is 23.3 Å². The van der Waals surface area contributed by atoms with Crippen LogP contribution in [0.4, 0.5) is 4.39 Å². The molecule has 0 bridgehead atoms. The molecule has 3 rings (SSSR count). The SMILES string of the molecule is CN(C)C(CNS(=O)(=O)c1ccccc1-c1ccccc1)c1ccc(F)cc1. The number of nitrogens with one attached hydrogen (secondary N) is 1. The van der Waals surface area contributed by atoms with Crippen molar-refractivity contribution in [3.8, 4) is 11.1 Å². The minimum absolute atomic E-state index is 0.171. The maximum Gasteiger partial charge on any atom is 0.241 e. The predicted molar refractivity (Wildman–Crippen MR) is 110 cm³/mol. The summed E-state index contributed by atoms with van der Waals surface area (Å²) in [6.45, 7) is 0.171. The number of hydrogen-bond donors (Lipinski definition) is 1. The highest BCUT2D eigenvalue weighted by molar-refractivity contribution is 7.89. The van der Waals surface area contributed by atoms with Crippen LogP contribution in [0, 0.1) is 5.82 Å². The molecular formula is C22H23FN2O2S. The van der Waals surface area contributed by atoms with Crippen molar-refractivity contribution in [3.63, 3.8) is 0 Å². The second-order valence-corrected chi connectivity index (χ2v) is 8.48. The van der Waals surface area contributed by atoms with Gasteiger partial charge in [-0.3, -0.25) is 0 Å². The van der Waals surface area contributed by atoms with Gasteiger partial charge < -0.3 is 4.90 Å². The number of likely N-dealkylation sites (N-methyl/N-ethyl adjacent to an activating group) is 1. The number of benzene rings is 3. The van der Waals surface area contributed by atoms with Crippen LogP contribution in [0.1, 0.15) is 11.6 Å². The van der Waals surface area contributed by atoms with E-state index in [0.717, 1.165) is 11.1 Å². The van der Waals surface area contributed by atoms with E-state index < -0.39 is 10.0 Å². The van der Waals surface area contributed by atoms with Gasteiger partial charge in [-0.15, -0.1) is 0 Å². The Morgan fingerprint density at radius 1 is 0.893 bits per heavy atom. The smallest absolute Gasteiger partial charge is 0.241 e. The molecule has 0 spiro atoms. The van der Waals surface area contributed by atoms with Gasteiger partial charge in [-0.2, -0.15) is 0 Å². The summed E-state index contributed by atoms with van der Waals surface area (Å²) in [6, 6.07) is 22.2. The first kappa shape index (κ1) is 20.2. The van der Waals surface area contributed by atoms with Crippen molar-refractivity contribution in [3.05, 3.63) is 90.2 Å². The van der Waals surface area contributed by atoms with Crippen LogP contribution in [0.25, 0.3) is 11.1 Å². The molecule has 1 N–H and O–H groups in total. The van der Waals surface area contributed by atoms with Crippen molar-refractivity contribution < 1.29 is 12.8 Å². The average molecular weight is 399 g/mol. The molecule has 0 aliphatic carbocycles. The molecule has 4 nitrogen and oxygen atoms in total. The van der Waals surface area contributed by atoms with Gasteiger partial charge in [-0.25, -0.2) is 17.5 Å². The van der Waals surface area contributed by atoms with Gasteiger partial charge in [0.05, 0.1) is 4.90 Å². The molecule has 146 valence electrons. The molecule has 0 saturated carbocycles. The van der Waals surface area contributed by atoms with Crippen LogP contribution in [-0.2, 0) is 10.0 Å². The molecule has 3 aromatic carbocycles. The number of nitrogens with zero attached hydrogens (tertiary/aromatic N) is 1. The lowest BCUT2D eigenvalue weighted by atomic mass is 10.1. The van der Waals surface area contributed by atoms with Crippen molar-refractivity contribution in [2.75, 3.05) is 20.6 Å². The zero-order valence-electron chi connectivity index (χ0n) is 15.8. The summed E-state index contributed by atoms with van der Waals surface area (Å²) in [7, 11) is -0.0119. The van der Waals surface area contributed by atoms with Gasteiger partial charge >= 0.3 is 0 Å². The fraction of sp³-hybridized carbons (Fsp3) is 0.182. The lowest BCUT2D eigenvalue weighted by molar-refractivity contribution is 0.299. The third-order valence-electron chi connectivity index (χ3n) is 4.61. The molecule has 0 heterocycles. The van der Waals surface area contributed by atoms with Gasteiger partial charge in [-0.1, -0.05) is 60.7 Å². The molecule has 1 atom stereocenters. The summed E-state index contributed by atoms with van der Waals surface area (Å²) in [5.74, 6) is -0.321. The Morgan fingerprint density at radius 2 is 1.50 bits per heavy atom. The topological polar surface area (TPSA) is 49.4 Å². The van der Waals surface area contributed by atoms with Crippen molar-refractivity contribution in [1.29, 1.82) is 0 Å². The lowest BCUT2D eigenvalue weighted by Crippen LogP contribution is -2.34. The summed E-state index contributed by atoms with van der Waals surface area (Å²) in [6.07, 6.45) is 0. The normalized spacial score (nSPS) is 12.9. The van der Waals surface area contributed by atoms with Crippen LogP contribution in [0.2, 0.25) is 0 Å². The van der Waals surface area contributed by atoms with Crippen LogP contribution < -0.4 is 4.72 Å². The summed E-state index contributed by atoms with van der Waals surface area (Å²) in [5.41, 5.74) is 2.33. The van der Waals surface area contributed by atoms with Crippen LogP contribution in [0.3, 0.4) is 0 Å². The highest BCUT2D eigenvalue weighted by Crippen LogP contribution is 2.27. The van der Waals surface area contributed by atoms with Gasteiger partial charge in [0.15, 0.2) is 0 Å². The Bertz CT molecular complexity index is 1020. The van der Waals surface area contributed by atoms with Gasteiger partial charge in [-0.05, 0) is 43.4 Å². The Hall–Kier alpha value is -2.54. The molecule has 0 radical (unpaired) electrons. The third kappa shape index (κ3) is 4.65. The van der Waals surface area contributed by atoms with Crippen LogP contribution in [0.15, 0.2) is 83.8 Å². The maximum absolute atomic E-state index is 13.2. The van der Waals surface area contributed by atoms with E-state index in [4.69, 9.17) is 0 Å². The van der Waals surface area contributed by atoms with Crippen molar-refractivity contribution in [1.82, 2.24) is 9.62 Å². The zero-order chi connectivity index (χ0) is 20.1. The number of halogens is 1. The predicted octanol–water partition coefficient (Wildman–Crippen LogP) is 4.07. The van der Waals surface area contributed by atoms with Crippen LogP contribution in [0.5, 0.6) is 0 Å². The number of sulfonamides is 1. The zero-order valence-corrected chi connectivity index (χ0v) is 16.7. The number of hydrogen-bond acceptors (Lipinski definition) is 3. The van der Waals surface area contributed by atoms with Crippen molar-refractivity contribution in [2.45, 2.75) is 10.9 Å². The van der Waals surface area contributed by atoms with Gasteiger partial charge in [0.1, 0.15) is 5.82 Å². The maximum atomic E-state index is 13.2. The molecule has 3 aromatic rings. The van der Waals surface area contributed by atoms with Crippen LogP contribution >= 0.6 is 0 Å². The van der Waals surface area contributed by atoms with E-state index in [9.17, 15) is 12.8 Å². The Labute approximate surface area is 165 Å². The minimum Gasteiger partial charge on any atom is -0.301 e. The van der Waals surface area contributed by atoms with E-state index >= 15 is 0 Å². The molecule has 0 aliphatic rings. The Kier molecular flexibility index (Phi) is 6.24. The molecule has 0 aliphatic heterocycles. The second-order valence-electron chi connectivity index (χ2n) is 6.75. The first-order valence-corrected chi connectivity index (χ1v) is 10.4. The summed E-state index contributed by atoms with van der Waals surface area (Å²) >= 11 is 0. The van der Waals surface area contributed by atoms with Crippen molar-refractivity contribution >= 4 is 10.0 Å². The van der Waals surface area contributed by atoms with Crippen molar-refractivity contribution in [2.24, 2.45) is 0 Å². The first-order chi connectivity index (χ1) is 13.4. The lowest BCUT2D eigenvalue weighted by Gasteiger charge is -2.25. The molecular weight excluding hydrogens is 375 g/mol. The van der Waals surface area contributed by atoms with Gasteiger partial charge in [0.2, 0.25) is 10.0 Å². The Morgan fingerprint density at radius 3 is 2.14 bits per heavy atom. The molecule has 0 aromatic heterocycles. The van der Waals surface area contributed by atoms with E-state index in [2.05, 4.69) is 4.72 Å². The van der Waals surface area contributed by atoms with Gasteiger partial charge in [0.25, 0.3) is 0 Å². The van der Waals surface area contributed by atoms with Crippen LogP contribution in [-0.4, -0.2) is 34.0 Å².